The number of amides is 1. The minimum Gasteiger partial charge on any atom is -0.352 e. The minimum absolute atomic E-state index is 0.00324. The van der Waals surface area contributed by atoms with E-state index in [1.165, 1.54) is 5.56 Å². The molecule has 112 valence electrons. The Kier molecular flexibility index (Phi) is 7.26. The van der Waals surface area contributed by atoms with Crippen molar-refractivity contribution in [2.45, 2.75) is 32.7 Å². The van der Waals surface area contributed by atoms with Crippen LogP contribution in [-0.2, 0) is 6.42 Å². The summed E-state index contributed by atoms with van der Waals surface area (Å²) >= 11 is 0. The van der Waals surface area contributed by atoms with Gasteiger partial charge in [-0.05, 0) is 64.5 Å². The number of hydrogen-bond acceptors (Lipinski definition) is 3. The molecule has 0 fully saturated rings. The van der Waals surface area contributed by atoms with Gasteiger partial charge >= 0.3 is 0 Å². The number of nitrogens with two attached hydrogens (primary N) is 1. The molecule has 20 heavy (non-hydrogen) atoms. The highest BCUT2D eigenvalue weighted by atomic mass is 16.1. The second-order valence-electron chi connectivity index (χ2n) is 5.42. The lowest BCUT2D eigenvalue weighted by atomic mass is 10.1. The van der Waals surface area contributed by atoms with Gasteiger partial charge in [-0.3, -0.25) is 4.79 Å². The molecule has 1 aromatic rings. The molecular formula is C16H27N3O. The van der Waals surface area contributed by atoms with E-state index in [0.29, 0.717) is 24.7 Å². The Morgan fingerprint density at radius 2 is 1.95 bits per heavy atom. The summed E-state index contributed by atoms with van der Waals surface area (Å²) in [6, 6.07) is 8.20. The summed E-state index contributed by atoms with van der Waals surface area (Å²) < 4.78 is 0. The molecule has 4 heteroatoms. The van der Waals surface area contributed by atoms with E-state index < -0.39 is 0 Å². The standard InChI is InChI=1S/C16H27N3O/c1-13(2)19(3)12-4-11-18-16(20)15-7-5-14(6-8-15)9-10-17/h5-8,13H,4,9-12,17H2,1-3H3,(H,18,20). The monoisotopic (exact) mass is 277 g/mol. The average molecular weight is 277 g/mol. The molecule has 0 saturated carbocycles. The van der Waals surface area contributed by atoms with Crippen molar-refractivity contribution in [1.29, 1.82) is 0 Å². The molecule has 3 N–H and O–H groups in total. The van der Waals surface area contributed by atoms with Crippen LogP contribution in [0.1, 0.15) is 36.2 Å². The third-order valence-corrected chi connectivity index (χ3v) is 3.50. The van der Waals surface area contributed by atoms with Crippen LogP contribution in [-0.4, -0.2) is 43.5 Å². The van der Waals surface area contributed by atoms with E-state index in [-0.39, 0.29) is 5.91 Å². The fourth-order valence-corrected chi connectivity index (χ4v) is 1.88. The second-order valence-corrected chi connectivity index (χ2v) is 5.42. The zero-order valence-corrected chi connectivity index (χ0v) is 12.9. The van der Waals surface area contributed by atoms with E-state index in [0.717, 1.165) is 19.4 Å². The first-order valence-corrected chi connectivity index (χ1v) is 7.32. The summed E-state index contributed by atoms with van der Waals surface area (Å²) in [5, 5.41) is 2.95. The zero-order valence-electron chi connectivity index (χ0n) is 12.9. The Morgan fingerprint density at radius 3 is 2.50 bits per heavy atom. The summed E-state index contributed by atoms with van der Waals surface area (Å²) in [5.74, 6) is -0.00324. The van der Waals surface area contributed by atoms with Gasteiger partial charge in [0.2, 0.25) is 0 Å². The van der Waals surface area contributed by atoms with E-state index in [2.05, 4.69) is 31.1 Å². The Morgan fingerprint density at radius 1 is 1.30 bits per heavy atom. The topological polar surface area (TPSA) is 58.4 Å². The Labute approximate surface area is 122 Å². The first kappa shape index (κ1) is 16.7. The summed E-state index contributed by atoms with van der Waals surface area (Å²) in [4.78, 5) is 14.2. The van der Waals surface area contributed by atoms with E-state index >= 15 is 0 Å². The molecular weight excluding hydrogens is 250 g/mol. The highest BCUT2D eigenvalue weighted by Crippen LogP contribution is 2.05. The molecule has 0 atom stereocenters. The van der Waals surface area contributed by atoms with Crippen LogP contribution in [0.5, 0.6) is 0 Å². The lowest BCUT2D eigenvalue weighted by Gasteiger charge is -2.20. The van der Waals surface area contributed by atoms with Gasteiger partial charge in [-0.15, -0.1) is 0 Å². The number of benzene rings is 1. The van der Waals surface area contributed by atoms with E-state index in [9.17, 15) is 4.79 Å². The van der Waals surface area contributed by atoms with Crippen LogP contribution >= 0.6 is 0 Å². The highest BCUT2D eigenvalue weighted by Gasteiger charge is 2.06. The van der Waals surface area contributed by atoms with Crippen LogP contribution in [0.25, 0.3) is 0 Å². The molecule has 4 nitrogen and oxygen atoms in total. The molecule has 0 bridgehead atoms. The molecule has 0 aromatic heterocycles. The first-order valence-electron chi connectivity index (χ1n) is 7.32. The number of nitrogens with zero attached hydrogens (tertiary/aromatic N) is 1. The maximum atomic E-state index is 11.9. The van der Waals surface area contributed by atoms with Crippen molar-refractivity contribution in [1.82, 2.24) is 10.2 Å². The fraction of sp³-hybridized carbons (Fsp3) is 0.562. The highest BCUT2D eigenvalue weighted by molar-refractivity contribution is 5.94. The van der Waals surface area contributed by atoms with Gasteiger partial charge < -0.3 is 16.0 Å². The van der Waals surface area contributed by atoms with Gasteiger partial charge in [0, 0.05) is 18.2 Å². The van der Waals surface area contributed by atoms with Gasteiger partial charge in [0.1, 0.15) is 0 Å². The van der Waals surface area contributed by atoms with Crippen LogP contribution in [0, 0.1) is 0 Å². The summed E-state index contributed by atoms with van der Waals surface area (Å²) in [6.45, 7) is 6.67. The zero-order chi connectivity index (χ0) is 15.0. The summed E-state index contributed by atoms with van der Waals surface area (Å²) in [7, 11) is 2.10. The van der Waals surface area contributed by atoms with Crippen molar-refractivity contribution in [2.75, 3.05) is 26.7 Å². The smallest absolute Gasteiger partial charge is 0.251 e. The predicted molar refractivity (Wildman–Crippen MR) is 83.9 cm³/mol. The predicted octanol–water partition coefficient (Wildman–Crippen LogP) is 1.65. The Balaban J connectivity index is 2.32. The quantitative estimate of drug-likeness (QED) is 0.710. The van der Waals surface area contributed by atoms with Crippen LogP contribution in [0.15, 0.2) is 24.3 Å². The van der Waals surface area contributed by atoms with Gasteiger partial charge in [0.05, 0.1) is 0 Å². The number of carbonyl (C=O) groups excluding carboxylic acids is 1. The summed E-state index contributed by atoms with van der Waals surface area (Å²) in [6.07, 6.45) is 1.81. The molecule has 0 heterocycles. The fourth-order valence-electron chi connectivity index (χ4n) is 1.88. The summed E-state index contributed by atoms with van der Waals surface area (Å²) in [5.41, 5.74) is 7.38. The maximum absolute atomic E-state index is 11.9. The number of nitrogens with one attached hydrogen (secondary N) is 1. The molecule has 0 aliphatic carbocycles. The van der Waals surface area contributed by atoms with Gasteiger partial charge in [-0.25, -0.2) is 0 Å². The molecule has 0 radical (unpaired) electrons. The van der Waals surface area contributed by atoms with Crippen molar-refractivity contribution < 1.29 is 4.79 Å². The van der Waals surface area contributed by atoms with E-state index in [1.54, 1.807) is 0 Å². The third-order valence-electron chi connectivity index (χ3n) is 3.50. The largest absolute Gasteiger partial charge is 0.352 e. The van der Waals surface area contributed by atoms with Crippen molar-refractivity contribution in [3.05, 3.63) is 35.4 Å². The SMILES string of the molecule is CC(C)N(C)CCCNC(=O)c1ccc(CCN)cc1. The van der Waals surface area contributed by atoms with Crippen LogP contribution in [0.3, 0.4) is 0 Å². The van der Waals surface area contributed by atoms with Gasteiger partial charge in [0.15, 0.2) is 0 Å². The molecule has 0 aliphatic rings. The number of rotatable bonds is 8. The molecule has 1 rings (SSSR count). The first-order chi connectivity index (χ1) is 9.54. The third kappa shape index (κ3) is 5.72. The molecule has 0 saturated heterocycles. The van der Waals surface area contributed by atoms with E-state index in [4.69, 9.17) is 5.73 Å². The molecule has 0 aliphatic heterocycles. The Hall–Kier alpha value is -1.39. The van der Waals surface area contributed by atoms with Gasteiger partial charge in [-0.1, -0.05) is 12.1 Å². The average Bonchev–Trinajstić information content (AvgIpc) is 2.44. The molecule has 0 unspecified atom stereocenters. The van der Waals surface area contributed by atoms with Crippen molar-refractivity contribution >= 4 is 5.91 Å². The lowest BCUT2D eigenvalue weighted by molar-refractivity contribution is 0.0951. The van der Waals surface area contributed by atoms with E-state index in [1.807, 2.05) is 24.3 Å². The van der Waals surface area contributed by atoms with Crippen molar-refractivity contribution in [3.8, 4) is 0 Å². The second kappa shape index (κ2) is 8.72. The van der Waals surface area contributed by atoms with Crippen molar-refractivity contribution in [2.24, 2.45) is 5.73 Å². The van der Waals surface area contributed by atoms with Crippen LogP contribution < -0.4 is 11.1 Å². The van der Waals surface area contributed by atoms with Crippen molar-refractivity contribution in [3.63, 3.8) is 0 Å². The minimum atomic E-state index is -0.00324. The molecule has 1 amide bonds. The Bertz CT molecular complexity index is 401. The number of hydrogen-bond donors (Lipinski definition) is 2. The molecule has 1 aromatic carbocycles. The maximum Gasteiger partial charge on any atom is 0.251 e. The molecule has 0 spiro atoms. The van der Waals surface area contributed by atoms with Crippen LogP contribution in [0.4, 0.5) is 0 Å². The van der Waals surface area contributed by atoms with Gasteiger partial charge in [-0.2, -0.15) is 0 Å². The van der Waals surface area contributed by atoms with Gasteiger partial charge in [0.25, 0.3) is 5.91 Å². The normalized spacial score (nSPS) is 11.1. The van der Waals surface area contributed by atoms with Crippen LogP contribution in [0.2, 0.25) is 0 Å². The lowest BCUT2D eigenvalue weighted by Crippen LogP contribution is -2.31. The number of carbonyl (C=O) groups is 1.